The first-order chi connectivity index (χ1) is 19.9. The molecule has 2 aliphatic rings. The lowest BCUT2D eigenvalue weighted by molar-refractivity contribution is -0.103. The molecule has 7 heteroatoms. The van der Waals surface area contributed by atoms with Gasteiger partial charge in [-0.2, -0.15) is 0 Å². The Balaban J connectivity index is 1.28. The van der Waals surface area contributed by atoms with Gasteiger partial charge in [0.15, 0.2) is 0 Å². The number of nitrogens with zero attached hydrogens (tertiary/aromatic N) is 1. The number of benzene rings is 3. The van der Waals surface area contributed by atoms with Crippen LogP contribution in [0.5, 0.6) is 5.75 Å². The zero-order valence-corrected chi connectivity index (χ0v) is 24.2. The van der Waals surface area contributed by atoms with Gasteiger partial charge in [-0.05, 0) is 99.5 Å². The Morgan fingerprint density at radius 1 is 1.10 bits per heavy atom. The van der Waals surface area contributed by atoms with Crippen LogP contribution in [-0.2, 0) is 4.74 Å². The van der Waals surface area contributed by atoms with E-state index < -0.39 is 0 Å². The van der Waals surface area contributed by atoms with E-state index in [4.69, 9.17) is 9.47 Å². The Hall–Kier alpha value is -3.81. The molecular formula is C34H40N4O3. The van der Waals surface area contributed by atoms with Crippen molar-refractivity contribution in [2.75, 3.05) is 36.5 Å². The second-order valence-corrected chi connectivity index (χ2v) is 11.8. The Labute approximate surface area is 242 Å². The fourth-order valence-corrected chi connectivity index (χ4v) is 6.10. The number of hydrogen-bond acceptors (Lipinski definition) is 5. The molecular weight excluding hydrogens is 512 g/mol. The Morgan fingerprint density at radius 3 is 2.85 bits per heavy atom. The summed E-state index contributed by atoms with van der Waals surface area (Å²) in [6.45, 7) is 9.35. The van der Waals surface area contributed by atoms with Crippen LogP contribution in [0.4, 0.5) is 11.4 Å². The Morgan fingerprint density at radius 2 is 1.98 bits per heavy atom. The van der Waals surface area contributed by atoms with Crippen LogP contribution in [0.2, 0.25) is 0 Å². The number of H-pyrrole nitrogens is 1. The molecule has 1 fully saturated rings. The lowest BCUT2D eigenvalue weighted by Gasteiger charge is -2.38. The number of para-hydroxylation sites is 2. The van der Waals surface area contributed by atoms with E-state index in [0.717, 1.165) is 71.5 Å². The highest BCUT2D eigenvalue weighted by molar-refractivity contribution is 6.08. The molecule has 0 bridgehead atoms. The van der Waals surface area contributed by atoms with Crippen molar-refractivity contribution in [1.29, 1.82) is 0 Å². The summed E-state index contributed by atoms with van der Waals surface area (Å²) >= 11 is 0. The summed E-state index contributed by atoms with van der Waals surface area (Å²) < 4.78 is 12.7. The first-order valence-corrected chi connectivity index (χ1v) is 14.8. The molecule has 41 heavy (non-hydrogen) atoms. The van der Waals surface area contributed by atoms with Crippen LogP contribution in [0.25, 0.3) is 22.0 Å². The van der Waals surface area contributed by atoms with Crippen molar-refractivity contribution >= 4 is 28.2 Å². The maximum absolute atomic E-state index is 14.0. The Kier molecular flexibility index (Phi) is 7.73. The lowest BCUT2D eigenvalue weighted by atomic mass is 9.98. The second kappa shape index (κ2) is 11.6. The van der Waals surface area contributed by atoms with E-state index in [1.165, 1.54) is 0 Å². The van der Waals surface area contributed by atoms with Gasteiger partial charge in [0.05, 0.1) is 29.7 Å². The molecule has 1 amide bonds. The van der Waals surface area contributed by atoms with Crippen LogP contribution in [0, 0.1) is 0 Å². The average Bonchev–Trinajstić information content (AvgIpc) is 3.37. The number of nitrogens with one attached hydrogen (secondary N) is 3. The van der Waals surface area contributed by atoms with Gasteiger partial charge in [0.2, 0.25) is 0 Å². The summed E-state index contributed by atoms with van der Waals surface area (Å²) in [6.07, 6.45) is 4.76. The molecule has 0 radical (unpaired) electrons. The van der Waals surface area contributed by atoms with Gasteiger partial charge in [-0.1, -0.05) is 18.2 Å². The van der Waals surface area contributed by atoms with Crippen LogP contribution < -0.4 is 20.3 Å². The van der Waals surface area contributed by atoms with Crippen LogP contribution in [0.15, 0.2) is 72.9 Å². The molecule has 2 aliphatic heterocycles. The number of ether oxygens (including phenoxy) is 2. The predicted molar refractivity (Wildman–Crippen MR) is 166 cm³/mol. The molecule has 0 unspecified atom stereocenters. The van der Waals surface area contributed by atoms with Gasteiger partial charge >= 0.3 is 0 Å². The van der Waals surface area contributed by atoms with E-state index in [-0.39, 0.29) is 23.7 Å². The third kappa shape index (κ3) is 5.97. The summed E-state index contributed by atoms with van der Waals surface area (Å²) in [5.74, 6) is 0.704. The summed E-state index contributed by atoms with van der Waals surface area (Å²) in [5, 5.41) is 8.16. The predicted octanol–water partition coefficient (Wildman–Crippen LogP) is 6.61. The van der Waals surface area contributed by atoms with Crippen molar-refractivity contribution in [3.8, 4) is 16.9 Å². The number of carbonyl (C=O) groups is 1. The highest BCUT2D eigenvalue weighted by Gasteiger charge is 2.30. The van der Waals surface area contributed by atoms with Gasteiger partial charge in [-0.15, -0.1) is 0 Å². The topological polar surface area (TPSA) is 78.6 Å². The maximum atomic E-state index is 14.0. The van der Waals surface area contributed by atoms with Crippen LogP contribution in [0.3, 0.4) is 0 Å². The first kappa shape index (κ1) is 27.4. The zero-order chi connectivity index (χ0) is 28.4. The highest BCUT2D eigenvalue weighted by atomic mass is 16.5. The summed E-state index contributed by atoms with van der Waals surface area (Å²) in [4.78, 5) is 19.1. The third-order valence-electron chi connectivity index (χ3n) is 8.24. The molecule has 3 heterocycles. The van der Waals surface area contributed by atoms with Crippen molar-refractivity contribution in [3.05, 3.63) is 78.5 Å². The first-order valence-electron chi connectivity index (χ1n) is 14.8. The molecule has 1 aromatic heterocycles. The van der Waals surface area contributed by atoms with Crippen LogP contribution in [0.1, 0.15) is 50.4 Å². The van der Waals surface area contributed by atoms with E-state index in [0.29, 0.717) is 18.7 Å². The van der Waals surface area contributed by atoms with Crippen molar-refractivity contribution in [2.24, 2.45) is 0 Å². The minimum atomic E-state index is -0.202. The smallest absolute Gasteiger partial charge is 0.258 e. The van der Waals surface area contributed by atoms with E-state index >= 15 is 0 Å². The minimum Gasteiger partial charge on any atom is -0.493 e. The van der Waals surface area contributed by atoms with Gasteiger partial charge in [-0.25, -0.2) is 0 Å². The molecule has 1 saturated heterocycles. The number of aromatic nitrogens is 1. The molecule has 0 spiro atoms. The van der Waals surface area contributed by atoms with E-state index in [2.05, 4.69) is 60.7 Å². The quantitative estimate of drug-likeness (QED) is 0.225. The number of amides is 1. The fourth-order valence-electron chi connectivity index (χ4n) is 6.10. The van der Waals surface area contributed by atoms with Gasteiger partial charge < -0.3 is 30.0 Å². The van der Waals surface area contributed by atoms with Gasteiger partial charge in [0.25, 0.3) is 5.91 Å². The SMILES string of the molecule is C[C@H]1CCN(C(=O)c2ccc(-c3ccc4[nH]ccc4c3)c(OCCC[C@]3(C)CNC[C@H](C)O3)c2)c2ccccc2N1. The normalized spacial score (nSPS) is 22.6. The largest absolute Gasteiger partial charge is 0.493 e. The minimum absolute atomic E-state index is 0.0194. The standard InChI is InChI=1S/C34H40N4O3/c1-23-14-17-38(31-8-5-4-7-30(31)37-23)33(39)27-9-11-28(25-10-12-29-26(19-25)13-16-36-29)32(20-27)40-18-6-15-34(3)22-35-21-24(2)41-34/h4-5,7-13,16,19-20,23-24,35-37H,6,14-15,17-18,21-22H2,1-3H3/t23-,24-,34+/m0/s1. The molecule has 3 aromatic carbocycles. The zero-order valence-electron chi connectivity index (χ0n) is 24.2. The summed E-state index contributed by atoms with van der Waals surface area (Å²) in [6, 6.07) is 22.6. The molecule has 0 aliphatic carbocycles. The summed E-state index contributed by atoms with van der Waals surface area (Å²) in [5.41, 5.74) is 5.45. The molecule has 3 atom stereocenters. The van der Waals surface area contributed by atoms with E-state index in [1.54, 1.807) is 0 Å². The molecule has 3 N–H and O–H groups in total. The number of fused-ring (bicyclic) bond motifs is 2. The summed E-state index contributed by atoms with van der Waals surface area (Å²) in [7, 11) is 0. The average molecular weight is 553 g/mol. The van der Waals surface area contributed by atoms with Crippen molar-refractivity contribution < 1.29 is 14.3 Å². The van der Waals surface area contributed by atoms with Gasteiger partial charge in [0, 0.05) is 48.5 Å². The highest BCUT2D eigenvalue weighted by Crippen LogP contribution is 2.36. The number of morpholine rings is 1. The number of carbonyl (C=O) groups excluding carboxylic acids is 1. The number of anilines is 2. The molecule has 6 rings (SSSR count). The Bertz CT molecular complexity index is 1530. The van der Waals surface area contributed by atoms with Crippen molar-refractivity contribution in [1.82, 2.24) is 10.3 Å². The number of aromatic amines is 1. The monoisotopic (exact) mass is 552 g/mol. The molecule has 7 nitrogen and oxygen atoms in total. The molecule has 0 saturated carbocycles. The lowest BCUT2D eigenvalue weighted by Crippen LogP contribution is -2.51. The van der Waals surface area contributed by atoms with Crippen LogP contribution >= 0.6 is 0 Å². The van der Waals surface area contributed by atoms with Crippen LogP contribution in [-0.4, -0.2) is 54.9 Å². The van der Waals surface area contributed by atoms with Gasteiger partial charge in [-0.3, -0.25) is 4.79 Å². The molecule has 214 valence electrons. The number of hydrogen-bond donors (Lipinski definition) is 3. The van der Waals surface area contributed by atoms with E-state index in [9.17, 15) is 4.79 Å². The maximum Gasteiger partial charge on any atom is 0.258 e. The third-order valence-corrected chi connectivity index (χ3v) is 8.24. The van der Waals surface area contributed by atoms with Crippen molar-refractivity contribution in [2.45, 2.75) is 57.8 Å². The van der Waals surface area contributed by atoms with Gasteiger partial charge in [0.1, 0.15) is 5.75 Å². The second-order valence-electron chi connectivity index (χ2n) is 11.8. The fraction of sp³-hybridized carbons (Fsp3) is 0.382. The van der Waals surface area contributed by atoms with Crippen molar-refractivity contribution in [3.63, 3.8) is 0 Å². The molecule has 4 aromatic rings. The number of rotatable bonds is 7. The van der Waals surface area contributed by atoms with E-state index in [1.807, 2.05) is 53.6 Å².